The third-order valence-electron chi connectivity index (χ3n) is 16.8. The summed E-state index contributed by atoms with van der Waals surface area (Å²) in [7, 11) is 0. The van der Waals surface area contributed by atoms with Gasteiger partial charge in [-0.15, -0.1) is 0 Å². The molecule has 17 nitrogen and oxygen atoms in total. The van der Waals surface area contributed by atoms with Crippen LogP contribution >= 0.6 is 23.2 Å². The van der Waals surface area contributed by atoms with Gasteiger partial charge in [0.05, 0.1) is 72.4 Å². The molecule has 2 N–H and O–H groups in total. The molecule has 2 aliphatic heterocycles. The van der Waals surface area contributed by atoms with Crippen molar-refractivity contribution in [2.75, 3.05) is 41.7 Å². The Balaban J connectivity index is 1.07. The first-order chi connectivity index (χ1) is 44.3. The first-order valence-corrected chi connectivity index (χ1v) is 30.0. The predicted molar refractivity (Wildman–Crippen MR) is 337 cm³/mol. The van der Waals surface area contributed by atoms with Crippen molar-refractivity contribution < 1.29 is 49.1 Å². The number of aromatic nitrogens is 6. The Hall–Kier alpha value is -9.79. The highest BCUT2D eigenvalue weighted by Gasteiger charge is 2.40. The molecule has 8 aromatic rings. The van der Waals surface area contributed by atoms with E-state index in [0.29, 0.717) is 11.3 Å². The number of hydrogen-bond acceptors (Lipinski definition) is 13. The van der Waals surface area contributed by atoms with E-state index in [1.54, 1.807) is 90.0 Å². The normalized spacial score (nSPS) is 16.9. The average Bonchev–Trinajstić information content (AvgIpc) is 0.726. The van der Waals surface area contributed by atoms with Crippen LogP contribution in [-0.4, -0.2) is 101 Å². The first kappa shape index (κ1) is 67.1. The highest BCUT2D eigenvalue weighted by atomic mass is 35.5. The molecular weight excluding hydrogens is 1280 g/mol. The largest absolute Gasteiger partial charge is 0.394 e. The van der Waals surface area contributed by atoms with Crippen LogP contribution in [0.25, 0.3) is 62.0 Å². The lowest BCUT2D eigenvalue weighted by molar-refractivity contribution is -0.131. The van der Waals surface area contributed by atoms with Gasteiger partial charge in [-0.2, -0.15) is 10.5 Å². The van der Waals surface area contributed by atoms with Crippen LogP contribution in [0.3, 0.4) is 0 Å². The van der Waals surface area contributed by atoms with Crippen LogP contribution in [0.15, 0.2) is 58.8 Å². The average molecular weight is 1340 g/mol. The fourth-order valence-corrected chi connectivity index (χ4v) is 13.3. The number of pyridine rings is 6. The molecule has 486 valence electrons. The Morgan fingerprint density at radius 1 is 0.596 bits per heavy atom. The van der Waals surface area contributed by atoms with Gasteiger partial charge in [0.1, 0.15) is 40.2 Å². The maximum absolute atomic E-state index is 16.0. The van der Waals surface area contributed by atoms with Gasteiger partial charge in [-0.3, -0.25) is 38.3 Å². The molecule has 0 bridgehead atoms. The number of nitrogens with zero attached hydrogens (tertiary/aromatic N) is 12. The Labute approximate surface area is 541 Å². The van der Waals surface area contributed by atoms with E-state index in [2.05, 4.69) is 21.5 Å². The molecule has 0 saturated carbocycles. The smallest absolute Gasteiger partial charge is 0.276 e. The number of benzene rings is 2. The summed E-state index contributed by atoms with van der Waals surface area (Å²) in [6, 6.07) is 6.81. The first-order valence-electron chi connectivity index (χ1n) is 29.3. The second kappa shape index (κ2) is 25.3. The molecule has 2 amide bonds. The Kier molecular flexibility index (Phi) is 18.0. The molecule has 0 unspecified atom stereocenters. The molecule has 0 aliphatic carbocycles. The zero-order chi connectivity index (χ0) is 68.9. The summed E-state index contributed by atoms with van der Waals surface area (Å²) in [5.74, 6) is -21.3. The summed E-state index contributed by atoms with van der Waals surface area (Å²) >= 11 is 13.5. The number of carbonyl (C=O) groups excluding carboxylic acids is 2. The van der Waals surface area contributed by atoms with E-state index in [4.69, 9.17) is 33.9 Å². The fraction of sp³-hybridized carbons (Fsp3) is 0.303. The van der Waals surface area contributed by atoms with Gasteiger partial charge in [0.15, 0.2) is 46.5 Å². The van der Waals surface area contributed by atoms with Crippen molar-refractivity contribution >= 4 is 80.2 Å². The fourth-order valence-electron chi connectivity index (χ4n) is 12.8. The minimum Gasteiger partial charge on any atom is -0.394 e. The molecular formula is C66H56Cl2F9N13O4. The van der Waals surface area contributed by atoms with Gasteiger partial charge in [0.25, 0.3) is 11.1 Å². The highest BCUT2D eigenvalue weighted by Crippen LogP contribution is 2.44. The van der Waals surface area contributed by atoms with E-state index < -0.39 is 154 Å². The topological polar surface area (TPSA) is 216 Å². The van der Waals surface area contributed by atoms with Crippen LogP contribution in [0.2, 0.25) is 10.0 Å². The van der Waals surface area contributed by atoms with Crippen molar-refractivity contribution in [2.45, 2.75) is 105 Å². The lowest BCUT2D eigenvalue weighted by Gasteiger charge is -2.45. The molecule has 8 heterocycles. The van der Waals surface area contributed by atoms with Crippen molar-refractivity contribution in [1.29, 1.82) is 10.5 Å². The lowest BCUT2D eigenvalue weighted by Crippen LogP contribution is -2.58. The number of amides is 2. The summed E-state index contributed by atoms with van der Waals surface area (Å²) in [6.07, 6.45) is 5.27. The van der Waals surface area contributed by atoms with Crippen molar-refractivity contribution in [2.24, 2.45) is 0 Å². The van der Waals surface area contributed by atoms with Crippen LogP contribution in [0.4, 0.5) is 56.6 Å². The number of aryl methyl sites for hydroxylation is 2. The summed E-state index contributed by atoms with van der Waals surface area (Å²) in [6.45, 7) is 20.6. The Bertz CT molecular complexity index is 4790. The van der Waals surface area contributed by atoms with Crippen LogP contribution < -0.4 is 26.7 Å². The third kappa shape index (κ3) is 10.9. The second-order valence-corrected chi connectivity index (χ2v) is 24.6. The maximum Gasteiger partial charge on any atom is 0.276 e. The van der Waals surface area contributed by atoms with E-state index in [0.717, 1.165) is 21.3 Å². The van der Waals surface area contributed by atoms with E-state index >= 15 is 31.5 Å². The summed E-state index contributed by atoms with van der Waals surface area (Å²) in [5.41, 5.74) is -2.45. The third-order valence-corrected chi connectivity index (χ3v) is 17.4. The molecule has 94 heavy (non-hydrogen) atoms. The van der Waals surface area contributed by atoms with Gasteiger partial charge >= 0.3 is 0 Å². The molecule has 28 heteroatoms. The predicted octanol–water partition coefficient (Wildman–Crippen LogP) is 12.7. The van der Waals surface area contributed by atoms with E-state index in [1.807, 2.05) is 12.1 Å². The number of piperazine rings is 2. The van der Waals surface area contributed by atoms with Crippen molar-refractivity contribution in [3.05, 3.63) is 172 Å². The van der Waals surface area contributed by atoms with E-state index in [1.165, 1.54) is 35.4 Å². The summed E-state index contributed by atoms with van der Waals surface area (Å²) in [4.78, 5) is 82.6. The maximum atomic E-state index is 16.0. The van der Waals surface area contributed by atoms with E-state index in [-0.39, 0.29) is 94.1 Å². The Morgan fingerprint density at radius 3 is 1.43 bits per heavy atom. The minimum absolute atomic E-state index is 0.0114. The molecule has 10 rings (SSSR count). The SMILES string of the molecule is C=CC(=O)N1[C@H](C)CN(c2c(C#N)c(=O)n(-c3c(C)cc(/C=C\C(=O)N4[C@H](C)CN(c5c(C#N)c(=O)n(-c6c(C)ccnc6C(C)C)c6nc(-c7c(F)c(F)c(F)c(F)c7F)c(Cl)cc56)C[C@@H]4C)nc3C(C)C)c3nc(-c4c(F)c(N)c(F)c(F)c4F)c(Cl)cc23)C[C@@H]1C. The zero-order valence-corrected chi connectivity index (χ0v) is 53.4. The van der Waals surface area contributed by atoms with Crippen LogP contribution in [-0.2, 0) is 9.59 Å². The van der Waals surface area contributed by atoms with Crippen LogP contribution in [0.5, 0.6) is 0 Å². The summed E-state index contributed by atoms with van der Waals surface area (Å²) < 4.78 is 139. The van der Waals surface area contributed by atoms with Gasteiger partial charge in [0.2, 0.25) is 17.6 Å². The van der Waals surface area contributed by atoms with Crippen molar-refractivity contribution in [1.82, 2.24) is 38.9 Å². The number of nitrogens with two attached hydrogens (primary N) is 1. The zero-order valence-electron chi connectivity index (χ0n) is 51.9. The number of nitrogen functional groups attached to an aromatic ring is 1. The van der Waals surface area contributed by atoms with Crippen LogP contribution in [0.1, 0.15) is 107 Å². The second-order valence-electron chi connectivity index (χ2n) is 23.8. The van der Waals surface area contributed by atoms with Gasteiger partial charge in [-0.1, -0.05) is 57.5 Å². The molecule has 0 spiro atoms. The minimum atomic E-state index is -2.43. The summed E-state index contributed by atoms with van der Waals surface area (Å²) in [5, 5.41) is 20.6. The number of carbonyl (C=O) groups is 2. The number of hydrogen-bond donors (Lipinski definition) is 1. The number of fused-ring (bicyclic) bond motifs is 2. The molecule has 6 aromatic heterocycles. The van der Waals surface area contributed by atoms with Crippen molar-refractivity contribution in [3.8, 4) is 46.0 Å². The monoisotopic (exact) mass is 1340 g/mol. The molecule has 4 atom stereocenters. The van der Waals surface area contributed by atoms with Gasteiger partial charge < -0.3 is 25.3 Å². The molecule has 2 saturated heterocycles. The van der Waals surface area contributed by atoms with Crippen molar-refractivity contribution in [3.63, 3.8) is 0 Å². The Morgan fingerprint density at radius 2 is 1.00 bits per heavy atom. The van der Waals surface area contributed by atoms with Gasteiger partial charge in [0, 0.05) is 73.4 Å². The van der Waals surface area contributed by atoms with E-state index in [9.17, 15) is 37.7 Å². The molecule has 2 aliphatic rings. The number of halogens is 11. The lowest BCUT2D eigenvalue weighted by atomic mass is 10.00. The van der Waals surface area contributed by atoms with Gasteiger partial charge in [-0.05, 0) is 101 Å². The standard InChI is InChI=1S/C66H56Cl2F9N13O4/c1-12-41(91)87-30(8)22-85(23-31(87)9)62-36-19-40(68)58(44-47(71)51(75)53(77)54(80)48(44)72)84-64(36)90(66(94)38(62)21-79)60-29(7)17-34(82-56(60)27(4)5)13-14-42(92)88-32(10)24-86(25-33(88)11)61-35-18-39(67)57(43-45(69)49(73)52(76)50(74)46(43)70)83-63(35)89(65(93)37(61)20-78)59-28(6)15-16-81-55(59)26(2)3/h12-19,26-27,30-33H,1,22-25,80H2,2-11H3/b14-13-/t30-,31+,32-,33+. The quantitative estimate of drug-likeness (QED) is 0.0420. The number of anilines is 3. The highest BCUT2D eigenvalue weighted by molar-refractivity contribution is 6.34. The van der Waals surface area contributed by atoms with Gasteiger partial charge in [-0.25, -0.2) is 49.5 Å². The number of nitriles is 2. The molecule has 2 fully saturated rings. The molecule has 2 aromatic carbocycles. The number of rotatable bonds is 11. The van der Waals surface area contributed by atoms with Crippen LogP contribution in [0, 0.1) is 88.9 Å². The molecule has 0 radical (unpaired) electrons.